The van der Waals surface area contributed by atoms with Crippen LogP contribution < -0.4 is 5.32 Å². The Morgan fingerprint density at radius 2 is 2.00 bits per heavy atom. The average molecular weight is 326 g/mol. The highest BCUT2D eigenvalue weighted by molar-refractivity contribution is 9.10. The maximum atomic E-state index is 6.01. The smallest absolute Gasteiger partial charge is 0.0460 e. The third kappa shape index (κ3) is 3.80. The molecule has 18 heavy (non-hydrogen) atoms. The topological polar surface area (TPSA) is 24.9 Å². The second kappa shape index (κ2) is 6.88. The summed E-state index contributed by atoms with van der Waals surface area (Å²) in [7, 11) is 0. The molecule has 1 heterocycles. The number of alkyl halides is 1. The van der Waals surface area contributed by atoms with E-state index in [-0.39, 0.29) is 6.04 Å². The van der Waals surface area contributed by atoms with Crippen molar-refractivity contribution in [3.8, 4) is 0 Å². The fraction of sp³-hybridized carbons (Fsp3) is 0.214. The number of nitrogens with one attached hydrogen (secondary N) is 1. The summed E-state index contributed by atoms with van der Waals surface area (Å²) in [6, 6.07) is 12.4. The van der Waals surface area contributed by atoms with Crippen molar-refractivity contribution < 1.29 is 0 Å². The summed E-state index contributed by atoms with van der Waals surface area (Å²) < 4.78 is 0.990. The van der Waals surface area contributed by atoms with E-state index in [2.05, 4.69) is 44.4 Å². The molecule has 0 aliphatic heterocycles. The van der Waals surface area contributed by atoms with Crippen LogP contribution in [0, 0.1) is 0 Å². The van der Waals surface area contributed by atoms with Gasteiger partial charge in [0.25, 0.3) is 0 Å². The summed E-state index contributed by atoms with van der Waals surface area (Å²) in [5.41, 5.74) is 2.34. The van der Waals surface area contributed by atoms with Crippen molar-refractivity contribution in [1.82, 2.24) is 10.3 Å². The molecule has 0 saturated heterocycles. The van der Waals surface area contributed by atoms with Gasteiger partial charge in [-0.3, -0.25) is 4.98 Å². The van der Waals surface area contributed by atoms with E-state index >= 15 is 0 Å². The highest BCUT2D eigenvalue weighted by Crippen LogP contribution is 2.15. The van der Waals surface area contributed by atoms with Gasteiger partial charge in [-0.15, -0.1) is 11.6 Å². The van der Waals surface area contributed by atoms with E-state index in [9.17, 15) is 0 Å². The summed E-state index contributed by atoms with van der Waals surface area (Å²) in [5, 5.41) is 3.44. The van der Waals surface area contributed by atoms with Crippen LogP contribution >= 0.6 is 27.5 Å². The van der Waals surface area contributed by atoms with Gasteiger partial charge in [-0.25, -0.2) is 0 Å². The van der Waals surface area contributed by atoms with E-state index in [4.69, 9.17) is 11.6 Å². The summed E-state index contributed by atoms with van der Waals surface area (Å²) >= 11 is 9.43. The van der Waals surface area contributed by atoms with Crippen molar-refractivity contribution in [2.75, 3.05) is 5.88 Å². The van der Waals surface area contributed by atoms with Gasteiger partial charge in [0.15, 0.2) is 0 Å². The van der Waals surface area contributed by atoms with E-state index in [1.165, 1.54) is 5.56 Å². The number of hydrogen-bond acceptors (Lipinski definition) is 2. The van der Waals surface area contributed by atoms with Crippen molar-refractivity contribution in [2.45, 2.75) is 12.6 Å². The SMILES string of the molecule is ClCC(NCc1cncc(Br)c1)c1ccccc1. The minimum absolute atomic E-state index is 0.159. The molecule has 2 nitrogen and oxygen atoms in total. The zero-order valence-electron chi connectivity index (χ0n) is 9.81. The van der Waals surface area contributed by atoms with Crippen LogP contribution in [-0.2, 0) is 6.54 Å². The maximum Gasteiger partial charge on any atom is 0.0460 e. The molecule has 2 rings (SSSR count). The van der Waals surface area contributed by atoms with E-state index in [0.717, 1.165) is 16.6 Å². The molecular formula is C14H14BrClN2. The van der Waals surface area contributed by atoms with Gasteiger partial charge in [-0.1, -0.05) is 30.3 Å². The minimum Gasteiger partial charge on any atom is -0.305 e. The Morgan fingerprint density at radius 3 is 2.67 bits per heavy atom. The molecule has 0 aliphatic carbocycles. The van der Waals surface area contributed by atoms with Crippen LogP contribution in [0.3, 0.4) is 0 Å². The first kappa shape index (κ1) is 13.5. The van der Waals surface area contributed by atoms with Crippen molar-refractivity contribution in [3.63, 3.8) is 0 Å². The van der Waals surface area contributed by atoms with Gasteiger partial charge >= 0.3 is 0 Å². The first-order valence-electron chi connectivity index (χ1n) is 5.73. The summed E-state index contributed by atoms with van der Waals surface area (Å²) in [4.78, 5) is 4.14. The average Bonchev–Trinajstić information content (AvgIpc) is 2.41. The number of aromatic nitrogens is 1. The number of halogens is 2. The first-order valence-corrected chi connectivity index (χ1v) is 7.06. The Bertz CT molecular complexity index is 490. The number of rotatable bonds is 5. The lowest BCUT2D eigenvalue weighted by atomic mass is 10.1. The monoisotopic (exact) mass is 324 g/mol. The second-order valence-electron chi connectivity index (χ2n) is 4.01. The second-order valence-corrected chi connectivity index (χ2v) is 5.23. The standard InChI is InChI=1S/C14H14BrClN2/c15-13-6-11(8-17-10-13)9-18-14(7-16)12-4-2-1-3-5-12/h1-6,8,10,14,18H,7,9H2. The van der Waals surface area contributed by atoms with Crippen LogP contribution in [0.4, 0.5) is 0 Å². The number of nitrogens with zero attached hydrogens (tertiary/aromatic N) is 1. The molecule has 1 N–H and O–H groups in total. The molecule has 94 valence electrons. The quantitative estimate of drug-likeness (QED) is 0.843. The highest BCUT2D eigenvalue weighted by Gasteiger charge is 2.08. The van der Waals surface area contributed by atoms with Gasteiger partial charge in [-0.2, -0.15) is 0 Å². The van der Waals surface area contributed by atoms with Crippen LogP contribution in [0.25, 0.3) is 0 Å². The van der Waals surface area contributed by atoms with Gasteiger partial charge in [0.05, 0.1) is 0 Å². The molecule has 0 amide bonds. The third-order valence-corrected chi connectivity index (χ3v) is 3.41. The molecule has 0 saturated carbocycles. The van der Waals surface area contributed by atoms with E-state index in [1.54, 1.807) is 6.20 Å². The molecule has 0 spiro atoms. The highest BCUT2D eigenvalue weighted by atomic mass is 79.9. The lowest BCUT2D eigenvalue weighted by molar-refractivity contribution is 0.578. The molecule has 4 heteroatoms. The molecule has 0 bridgehead atoms. The van der Waals surface area contributed by atoms with Crippen LogP contribution in [0.2, 0.25) is 0 Å². The largest absolute Gasteiger partial charge is 0.305 e. The normalized spacial score (nSPS) is 12.3. The minimum atomic E-state index is 0.159. The predicted octanol–water partition coefficient (Wildman–Crippen LogP) is 3.91. The number of hydrogen-bond donors (Lipinski definition) is 1. The fourth-order valence-electron chi connectivity index (χ4n) is 1.74. The lowest BCUT2D eigenvalue weighted by Gasteiger charge is -2.16. The Kier molecular flexibility index (Phi) is 5.17. The Morgan fingerprint density at radius 1 is 1.22 bits per heavy atom. The molecule has 1 atom stereocenters. The molecule has 1 aromatic heterocycles. The molecule has 2 aromatic rings. The fourth-order valence-corrected chi connectivity index (χ4v) is 2.44. The first-order chi connectivity index (χ1) is 8.79. The number of pyridine rings is 1. The molecular weight excluding hydrogens is 312 g/mol. The predicted molar refractivity (Wildman–Crippen MR) is 78.7 cm³/mol. The summed E-state index contributed by atoms with van der Waals surface area (Å²) in [6.07, 6.45) is 3.63. The Hall–Kier alpha value is -0.900. The molecule has 1 aromatic carbocycles. The van der Waals surface area contributed by atoms with Gasteiger partial charge in [0.2, 0.25) is 0 Å². The molecule has 0 aliphatic rings. The Labute approximate surface area is 121 Å². The van der Waals surface area contributed by atoms with Crippen LogP contribution in [0.15, 0.2) is 53.3 Å². The lowest BCUT2D eigenvalue weighted by Crippen LogP contribution is -2.22. The third-order valence-electron chi connectivity index (χ3n) is 2.67. The van der Waals surface area contributed by atoms with Crippen LogP contribution in [0.5, 0.6) is 0 Å². The maximum absolute atomic E-state index is 6.01. The van der Waals surface area contributed by atoms with Gasteiger partial charge in [0, 0.05) is 35.3 Å². The van der Waals surface area contributed by atoms with E-state index < -0.39 is 0 Å². The van der Waals surface area contributed by atoms with Crippen LogP contribution in [-0.4, -0.2) is 10.9 Å². The Balaban J connectivity index is 2.00. The van der Waals surface area contributed by atoms with Crippen LogP contribution in [0.1, 0.15) is 17.2 Å². The molecule has 0 radical (unpaired) electrons. The van der Waals surface area contributed by atoms with Crippen molar-refractivity contribution >= 4 is 27.5 Å². The van der Waals surface area contributed by atoms with E-state index in [1.807, 2.05) is 24.4 Å². The summed E-state index contributed by atoms with van der Waals surface area (Å²) in [6.45, 7) is 0.749. The molecule has 0 fully saturated rings. The van der Waals surface area contributed by atoms with Gasteiger partial charge in [-0.05, 0) is 33.1 Å². The number of benzene rings is 1. The van der Waals surface area contributed by atoms with E-state index in [0.29, 0.717) is 5.88 Å². The van der Waals surface area contributed by atoms with Crippen molar-refractivity contribution in [2.24, 2.45) is 0 Å². The summed E-state index contributed by atoms with van der Waals surface area (Å²) in [5.74, 6) is 0.547. The molecule has 1 unspecified atom stereocenters. The van der Waals surface area contributed by atoms with Gasteiger partial charge < -0.3 is 5.32 Å². The van der Waals surface area contributed by atoms with Crippen molar-refractivity contribution in [3.05, 3.63) is 64.4 Å². The zero-order valence-corrected chi connectivity index (χ0v) is 12.2. The van der Waals surface area contributed by atoms with Crippen molar-refractivity contribution in [1.29, 1.82) is 0 Å². The van der Waals surface area contributed by atoms with Gasteiger partial charge in [0.1, 0.15) is 0 Å². The zero-order chi connectivity index (χ0) is 12.8.